The predicted molar refractivity (Wildman–Crippen MR) is 57.5 cm³/mol. The van der Waals surface area contributed by atoms with E-state index in [0.29, 0.717) is 25.1 Å². The number of nitrogens with zero attached hydrogens (tertiary/aromatic N) is 1. The largest absolute Gasteiger partial charge is 0.345 e. The van der Waals surface area contributed by atoms with Gasteiger partial charge < -0.3 is 15.4 Å². The molecule has 0 aliphatic carbocycles. The summed E-state index contributed by atoms with van der Waals surface area (Å²) in [5.74, 6) is -0.335. The lowest BCUT2D eigenvalue weighted by Crippen LogP contribution is -2.31. The monoisotopic (exact) mass is 224 g/mol. The first kappa shape index (κ1) is 11.0. The van der Waals surface area contributed by atoms with Gasteiger partial charge >= 0.3 is 0 Å². The summed E-state index contributed by atoms with van der Waals surface area (Å²) in [6, 6.07) is 6.07. The number of anilines is 1. The van der Waals surface area contributed by atoms with Gasteiger partial charge in [0.2, 0.25) is 0 Å². The summed E-state index contributed by atoms with van der Waals surface area (Å²) in [4.78, 5) is 12.5. The maximum Gasteiger partial charge on any atom is 0.187 e. The molecule has 1 saturated heterocycles. The summed E-state index contributed by atoms with van der Waals surface area (Å²) in [5, 5.41) is 0. The molecule has 1 fully saturated rings. The van der Waals surface area contributed by atoms with Crippen LogP contribution in [-0.2, 0) is 9.53 Å². The average Bonchev–Trinajstić information content (AvgIpc) is 2.72. The molecule has 1 unspecified atom stereocenters. The molecule has 0 bridgehead atoms. The number of nitrogens with two attached hydrogens (primary N) is 1. The van der Waals surface area contributed by atoms with Gasteiger partial charge in [-0.25, -0.2) is 4.39 Å². The normalized spacial score (nSPS) is 24.8. The molecule has 4 nitrogen and oxygen atoms in total. The molecule has 0 amide bonds. The van der Waals surface area contributed by atoms with Crippen molar-refractivity contribution < 1.29 is 13.9 Å². The van der Waals surface area contributed by atoms with E-state index in [-0.39, 0.29) is 11.9 Å². The molecule has 16 heavy (non-hydrogen) atoms. The van der Waals surface area contributed by atoms with Crippen molar-refractivity contribution in [3.8, 4) is 0 Å². The van der Waals surface area contributed by atoms with Crippen molar-refractivity contribution in [3.05, 3.63) is 30.1 Å². The second kappa shape index (κ2) is 4.59. The first-order valence-electron chi connectivity index (χ1n) is 5.07. The first-order valence-corrected chi connectivity index (χ1v) is 5.07. The van der Waals surface area contributed by atoms with Gasteiger partial charge in [-0.15, -0.1) is 0 Å². The summed E-state index contributed by atoms with van der Waals surface area (Å²) in [6.07, 6.45) is -0.158. The molecule has 1 aromatic carbocycles. The van der Waals surface area contributed by atoms with Gasteiger partial charge in [-0.3, -0.25) is 4.79 Å². The number of hydrogen-bond acceptors (Lipinski definition) is 4. The van der Waals surface area contributed by atoms with Crippen LogP contribution < -0.4 is 10.6 Å². The van der Waals surface area contributed by atoms with Crippen LogP contribution >= 0.6 is 0 Å². The molecular weight excluding hydrogens is 211 g/mol. The number of carbonyl (C=O) groups is 1. The van der Waals surface area contributed by atoms with Crippen molar-refractivity contribution in [1.82, 2.24) is 0 Å². The van der Waals surface area contributed by atoms with E-state index in [1.807, 2.05) is 0 Å². The Morgan fingerprint density at radius 3 is 3.06 bits per heavy atom. The highest BCUT2D eigenvalue weighted by atomic mass is 19.1. The molecule has 1 aliphatic heterocycles. The van der Waals surface area contributed by atoms with Crippen molar-refractivity contribution in [2.24, 2.45) is 5.73 Å². The van der Waals surface area contributed by atoms with Gasteiger partial charge in [-0.2, -0.15) is 0 Å². The fourth-order valence-corrected chi connectivity index (χ4v) is 1.78. The van der Waals surface area contributed by atoms with E-state index in [1.54, 1.807) is 17.0 Å². The molecule has 1 aromatic rings. The lowest BCUT2D eigenvalue weighted by atomic mass is 10.2. The van der Waals surface area contributed by atoms with Crippen molar-refractivity contribution in [2.75, 3.05) is 18.0 Å². The van der Waals surface area contributed by atoms with Gasteiger partial charge in [0.15, 0.2) is 12.5 Å². The molecule has 1 aliphatic rings. The van der Waals surface area contributed by atoms with Gasteiger partial charge in [0.05, 0.1) is 6.10 Å². The minimum atomic E-state index is -0.671. The van der Waals surface area contributed by atoms with Gasteiger partial charge in [-0.05, 0) is 18.2 Å². The minimum absolute atomic E-state index is 0.182. The fourth-order valence-electron chi connectivity index (χ4n) is 1.78. The number of benzene rings is 1. The summed E-state index contributed by atoms with van der Waals surface area (Å²) in [7, 11) is 0. The molecule has 0 saturated carbocycles. The third-order valence-corrected chi connectivity index (χ3v) is 2.56. The third-order valence-electron chi connectivity index (χ3n) is 2.56. The van der Waals surface area contributed by atoms with Crippen LogP contribution in [0.3, 0.4) is 0 Å². The lowest BCUT2D eigenvalue weighted by molar-refractivity contribution is -0.117. The molecule has 0 spiro atoms. The number of hydrogen-bond donors (Lipinski definition) is 1. The second-order valence-electron chi connectivity index (χ2n) is 3.65. The number of rotatable bonds is 3. The van der Waals surface area contributed by atoms with Crippen molar-refractivity contribution in [3.63, 3.8) is 0 Å². The molecule has 0 radical (unpaired) electrons. The van der Waals surface area contributed by atoms with Crippen LogP contribution in [0.25, 0.3) is 0 Å². The average molecular weight is 224 g/mol. The Morgan fingerprint density at radius 1 is 1.62 bits per heavy atom. The summed E-state index contributed by atoms with van der Waals surface area (Å²) in [5.41, 5.74) is 6.11. The van der Waals surface area contributed by atoms with Crippen LogP contribution in [0.2, 0.25) is 0 Å². The van der Waals surface area contributed by atoms with Gasteiger partial charge in [-0.1, -0.05) is 6.07 Å². The Hall–Kier alpha value is -1.46. The zero-order chi connectivity index (χ0) is 11.5. The van der Waals surface area contributed by atoms with Crippen LogP contribution in [0.1, 0.15) is 0 Å². The van der Waals surface area contributed by atoms with Crippen molar-refractivity contribution in [1.29, 1.82) is 0 Å². The molecule has 1 heterocycles. The molecule has 86 valence electrons. The first-order chi connectivity index (χ1) is 7.74. The van der Waals surface area contributed by atoms with E-state index >= 15 is 0 Å². The number of halogens is 1. The smallest absolute Gasteiger partial charge is 0.187 e. The van der Waals surface area contributed by atoms with E-state index in [9.17, 15) is 9.18 Å². The second-order valence-corrected chi connectivity index (χ2v) is 3.65. The molecule has 5 heteroatoms. The van der Waals surface area contributed by atoms with Crippen LogP contribution in [0.4, 0.5) is 10.1 Å². The van der Waals surface area contributed by atoms with E-state index in [2.05, 4.69) is 0 Å². The molecule has 2 rings (SSSR count). The molecule has 2 atom stereocenters. The quantitative estimate of drug-likeness (QED) is 0.760. The summed E-state index contributed by atoms with van der Waals surface area (Å²) in [6.45, 7) is 0.847. The topological polar surface area (TPSA) is 55.6 Å². The van der Waals surface area contributed by atoms with Crippen LogP contribution in [-0.4, -0.2) is 31.7 Å². The van der Waals surface area contributed by atoms with Gasteiger partial charge in [0.1, 0.15) is 5.82 Å². The predicted octanol–water partition coefficient (Wildman–Crippen LogP) is 0.515. The van der Waals surface area contributed by atoms with E-state index in [4.69, 9.17) is 10.5 Å². The van der Waals surface area contributed by atoms with Gasteiger partial charge in [0, 0.05) is 18.8 Å². The molecular formula is C11H13FN2O2. The van der Waals surface area contributed by atoms with Gasteiger partial charge in [0.25, 0.3) is 0 Å². The fraction of sp³-hybridized carbons (Fsp3) is 0.364. The lowest BCUT2D eigenvalue weighted by Gasteiger charge is -2.20. The summed E-state index contributed by atoms with van der Waals surface area (Å²) >= 11 is 0. The highest BCUT2D eigenvalue weighted by Gasteiger charge is 2.31. The molecule has 2 N–H and O–H groups in total. The SMILES string of the molecule is NC[C@H]1CN(c2cccc(F)c2)C(C=O)O1. The maximum absolute atomic E-state index is 13.1. The Morgan fingerprint density at radius 2 is 2.44 bits per heavy atom. The van der Waals surface area contributed by atoms with Crippen molar-refractivity contribution >= 4 is 12.0 Å². The van der Waals surface area contributed by atoms with E-state index in [1.165, 1.54) is 12.1 Å². The van der Waals surface area contributed by atoms with Crippen LogP contribution in [0.15, 0.2) is 24.3 Å². The van der Waals surface area contributed by atoms with Crippen LogP contribution in [0.5, 0.6) is 0 Å². The summed E-state index contributed by atoms with van der Waals surface area (Å²) < 4.78 is 18.4. The Balaban J connectivity index is 2.22. The third kappa shape index (κ3) is 2.05. The standard InChI is InChI=1S/C11H13FN2O2/c12-8-2-1-3-9(4-8)14-6-10(5-13)16-11(14)7-15/h1-4,7,10-11H,5-6,13H2/t10-,11?/m0/s1. The highest BCUT2D eigenvalue weighted by molar-refractivity contribution is 5.65. The van der Waals surface area contributed by atoms with E-state index < -0.39 is 6.23 Å². The highest BCUT2D eigenvalue weighted by Crippen LogP contribution is 2.23. The molecule has 0 aromatic heterocycles. The number of ether oxygens (including phenoxy) is 1. The Bertz CT molecular complexity index is 386. The zero-order valence-electron chi connectivity index (χ0n) is 8.67. The minimum Gasteiger partial charge on any atom is -0.345 e. The van der Waals surface area contributed by atoms with Crippen molar-refractivity contribution in [2.45, 2.75) is 12.3 Å². The van der Waals surface area contributed by atoms with E-state index in [0.717, 1.165) is 0 Å². The Kier molecular flexibility index (Phi) is 3.17. The number of aldehydes is 1. The van der Waals surface area contributed by atoms with Crippen LogP contribution in [0, 0.1) is 5.82 Å². The zero-order valence-corrected chi connectivity index (χ0v) is 8.67. The Labute approximate surface area is 92.8 Å². The maximum atomic E-state index is 13.1. The number of carbonyl (C=O) groups excluding carboxylic acids is 1.